The number of nitrogens with zero attached hydrogens (tertiary/aromatic N) is 3. The highest BCUT2D eigenvalue weighted by Gasteiger charge is 2.22. The van der Waals surface area contributed by atoms with E-state index < -0.39 is 0 Å². The molecule has 158 valence electrons. The lowest BCUT2D eigenvalue weighted by Gasteiger charge is -2.34. The number of rotatable bonds is 10. The number of hydrogen-bond donors (Lipinski definition) is 1. The number of aliphatic hydroxyl groups is 1. The van der Waals surface area contributed by atoms with Crippen molar-refractivity contribution in [2.45, 2.75) is 26.4 Å². The number of hydrogen-bond acceptors (Lipinski definition) is 7. The fourth-order valence-electron chi connectivity index (χ4n) is 2.80. The van der Waals surface area contributed by atoms with Crippen LogP contribution in [0.5, 0.6) is 5.88 Å². The minimum Gasteiger partial charge on any atom is -0.475 e. The zero-order valence-corrected chi connectivity index (χ0v) is 17.2. The molecule has 8 nitrogen and oxygen atoms in total. The highest BCUT2D eigenvalue weighted by Crippen LogP contribution is 2.12. The van der Waals surface area contributed by atoms with E-state index in [-0.39, 0.29) is 18.1 Å². The van der Waals surface area contributed by atoms with Gasteiger partial charge >= 0.3 is 0 Å². The molecule has 1 amide bonds. The lowest BCUT2D eigenvalue weighted by molar-refractivity contribution is -0.0168. The molecule has 0 bridgehead atoms. The van der Waals surface area contributed by atoms with Gasteiger partial charge in [-0.2, -0.15) is 0 Å². The van der Waals surface area contributed by atoms with Crippen LogP contribution in [-0.4, -0.2) is 97.2 Å². The average Bonchev–Trinajstić information content (AvgIpc) is 2.68. The van der Waals surface area contributed by atoms with Crippen molar-refractivity contribution in [3.05, 3.63) is 23.9 Å². The second-order valence-electron chi connectivity index (χ2n) is 7.66. The summed E-state index contributed by atoms with van der Waals surface area (Å²) in [6.07, 6.45) is 1.57. The molecule has 0 aliphatic carbocycles. The molecule has 1 aliphatic rings. The third kappa shape index (κ3) is 8.10. The Morgan fingerprint density at radius 3 is 2.46 bits per heavy atom. The number of amides is 1. The van der Waals surface area contributed by atoms with Crippen molar-refractivity contribution in [3.63, 3.8) is 0 Å². The third-order valence-corrected chi connectivity index (χ3v) is 4.30. The Bertz CT molecular complexity index is 580. The van der Waals surface area contributed by atoms with E-state index in [1.165, 1.54) is 0 Å². The van der Waals surface area contributed by atoms with Crippen LogP contribution in [0.4, 0.5) is 0 Å². The summed E-state index contributed by atoms with van der Waals surface area (Å²) in [4.78, 5) is 21.0. The van der Waals surface area contributed by atoms with Gasteiger partial charge in [0.2, 0.25) is 5.88 Å². The van der Waals surface area contributed by atoms with Gasteiger partial charge in [-0.3, -0.25) is 9.69 Å². The molecule has 0 atom stereocenters. The van der Waals surface area contributed by atoms with Crippen LogP contribution >= 0.6 is 0 Å². The molecule has 1 aromatic heterocycles. The zero-order chi connectivity index (χ0) is 20.4. The highest BCUT2D eigenvalue weighted by molar-refractivity contribution is 5.94. The largest absolute Gasteiger partial charge is 0.475 e. The van der Waals surface area contributed by atoms with Gasteiger partial charge in [-0.25, -0.2) is 4.98 Å². The molecule has 28 heavy (non-hydrogen) atoms. The van der Waals surface area contributed by atoms with E-state index in [4.69, 9.17) is 19.3 Å². The van der Waals surface area contributed by atoms with Crippen LogP contribution in [0.25, 0.3) is 0 Å². The molecule has 1 fully saturated rings. The van der Waals surface area contributed by atoms with Gasteiger partial charge in [-0.1, -0.05) is 0 Å². The van der Waals surface area contributed by atoms with Crippen LogP contribution in [0.2, 0.25) is 0 Å². The first kappa shape index (κ1) is 22.5. The molecule has 0 saturated carbocycles. The molecule has 1 N–H and O–H groups in total. The molecule has 0 spiro atoms. The molecule has 1 aromatic rings. The third-order valence-electron chi connectivity index (χ3n) is 4.30. The SMILES string of the molecule is CC(C)(C)OCCOc1ccc(C(=O)N2CCN(CCOCCO)CC2)cn1. The number of aromatic nitrogens is 1. The van der Waals surface area contributed by atoms with E-state index in [1.54, 1.807) is 18.3 Å². The summed E-state index contributed by atoms with van der Waals surface area (Å²) in [6, 6.07) is 3.48. The summed E-state index contributed by atoms with van der Waals surface area (Å²) in [5, 5.41) is 8.71. The van der Waals surface area contributed by atoms with Gasteiger partial charge < -0.3 is 24.2 Å². The lowest BCUT2D eigenvalue weighted by Crippen LogP contribution is -2.49. The van der Waals surface area contributed by atoms with Crippen LogP contribution in [0.3, 0.4) is 0 Å². The Kier molecular flexibility index (Phi) is 9.11. The molecule has 0 aromatic carbocycles. The van der Waals surface area contributed by atoms with Crippen molar-refractivity contribution in [2.75, 3.05) is 65.8 Å². The molecule has 2 rings (SSSR count). The first-order chi connectivity index (χ1) is 13.4. The maximum Gasteiger partial charge on any atom is 0.255 e. The van der Waals surface area contributed by atoms with Gasteiger partial charge in [0.25, 0.3) is 5.91 Å². The zero-order valence-electron chi connectivity index (χ0n) is 17.2. The predicted molar refractivity (Wildman–Crippen MR) is 106 cm³/mol. The van der Waals surface area contributed by atoms with Crippen LogP contribution in [-0.2, 0) is 9.47 Å². The van der Waals surface area contributed by atoms with Gasteiger partial charge in [0, 0.05) is 45.0 Å². The van der Waals surface area contributed by atoms with E-state index >= 15 is 0 Å². The fraction of sp³-hybridized carbons (Fsp3) is 0.700. The van der Waals surface area contributed by atoms with Crippen molar-refractivity contribution >= 4 is 5.91 Å². The smallest absolute Gasteiger partial charge is 0.255 e. The van der Waals surface area contributed by atoms with Gasteiger partial charge in [-0.15, -0.1) is 0 Å². The number of pyridine rings is 1. The first-order valence-corrected chi connectivity index (χ1v) is 9.82. The molecule has 8 heteroatoms. The van der Waals surface area contributed by atoms with Crippen molar-refractivity contribution < 1.29 is 24.1 Å². The molecule has 2 heterocycles. The fourth-order valence-corrected chi connectivity index (χ4v) is 2.80. The minimum atomic E-state index is -0.191. The maximum atomic E-state index is 12.6. The number of piperazine rings is 1. The van der Waals surface area contributed by atoms with Gasteiger partial charge in [0.05, 0.1) is 37.6 Å². The van der Waals surface area contributed by atoms with E-state index in [0.717, 1.165) is 19.6 Å². The van der Waals surface area contributed by atoms with Crippen molar-refractivity contribution in [3.8, 4) is 5.88 Å². The van der Waals surface area contributed by atoms with Crippen LogP contribution in [0.1, 0.15) is 31.1 Å². The Morgan fingerprint density at radius 2 is 1.86 bits per heavy atom. The summed E-state index contributed by atoms with van der Waals surface area (Å²) >= 11 is 0. The second kappa shape index (κ2) is 11.3. The van der Waals surface area contributed by atoms with E-state index in [1.807, 2.05) is 25.7 Å². The summed E-state index contributed by atoms with van der Waals surface area (Å²) in [5.41, 5.74) is 0.377. The molecule has 1 saturated heterocycles. The molecular weight excluding hydrogens is 362 g/mol. The molecule has 0 unspecified atom stereocenters. The topological polar surface area (TPSA) is 84.4 Å². The van der Waals surface area contributed by atoms with Gasteiger partial charge in [0.1, 0.15) is 6.61 Å². The molecule has 0 radical (unpaired) electrons. The van der Waals surface area contributed by atoms with Crippen molar-refractivity contribution in [2.24, 2.45) is 0 Å². The van der Waals surface area contributed by atoms with Crippen LogP contribution in [0, 0.1) is 0 Å². The summed E-state index contributed by atoms with van der Waals surface area (Å²) in [6.45, 7) is 11.7. The Morgan fingerprint density at radius 1 is 1.11 bits per heavy atom. The maximum absolute atomic E-state index is 12.6. The summed E-state index contributed by atoms with van der Waals surface area (Å²) < 4.78 is 16.4. The van der Waals surface area contributed by atoms with Gasteiger partial charge in [-0.05, 0) is 26.8 Å². The highest BCUT2D eigenvalue weighted by atomic mass is 16.5. The van der Waals surface area contributed by atoms with E-state index in [2.05, 4.69) is 9.88 Å². The summed E-state index contributed by atoms with van der Waals surface area (Å²) in [5.74, 6) is 0.480. The molecular formula is C20H33N3O5. The average molecular weight is 396 g/mol. The number of ether oxygens (including phenoxy) is 3. The van der Waals surface area contributed by atoms with E-state index in [0.29, 0.717) is 51.0 Å². The Balaban J connectivity index is 1.71. The monoisotopic (exact) mass is 395 g/mol. The van der Waals surface area contributed by atoms with Crippen LogP contribution in [0.15, 0.2) is 18.3 Å². The first-order valence-electron chi connectivity index (χ1n) is 9.82. The second-order valence-corrected chi connectivity index (χ2v) is 7.66. The predicted octanol–water partition coefficient (Wildman–Crippen LogP) is 1.04. The molecule has 1 aliphatic heterocycles. The standard InChI is InChI=1S/C20H33N3O5/c1-20(2,3)28-15-14-27-18-5-4-17(16-21-18)19(25)23-8-6-22(7-9-23)10-12-26-13-11-24/h4-5,16,24H,6-15H2,1-3H3. The minimum absolute atomic E-state index is 0.00806. The number of carbonyl (C=O) groups is 1. The summed E-state index contributed by atoms with van der Waals surface area (Å²) in [7, 11) is 0. The van der Waals surface area contributed by atoms with Crippen LogP contribution < -0.4 is 4.74 Å². The Labute approximate surface area is 167 Å². The number of carbonyl (C=O) groups excluding carboxylic acids is 1. The van der Waals surface area contributed by atoms with E-state index in [9.17, 15) is 4.79 Å². The quantitative estimate of drug-likeness (QED) is 0.593. The van der Waals surface area contributed by atoms with Crippen molar-refractivity contribution in [1.29, 1.82) is 0 Å². The number of aliphatic hydroxyl groups excluding tert-OH is 1. The van der Waals surface area contributed by atoms with Gasteiger partial charge in [0.15, 0.2) is 0 Å². The van der Waals surface area contributed by atoms with Crippen molar-refractivity contribution in [1.82, 2.24) is 14.8 Å². The Hall–Kier alpha value is -1.74. The normalized spacial score (nSPS) is 15.6. The lowest BCUT2D eigenvalue weighted by atomic mass is 10.2.